The van der Waals surface area contributed by atoms with Gasteiger partial charge in [0, 0.05) is 18.8 Å². The maximum Gasteiger partial charge on any atom is 0.164 e. The third-order valence-corrected chi connectivity index (χ3v) is 3.89. The highest BCUT2D eigenvalue weighted by Gasteiger charge is 2.14. The lowest BCUT2D eigenvalue weighted by Crippen LogP contribution is -2.03. The number of benzene rings is 1. The minimum Gasteiger partial charge on any atom is -0.497 e. The molecule has 0 aliphatic heterocycles. The molecule has 4 rings (SSSR count). The first-order valence-electron chi connectivity index (χ1n) is 7.71. The molecule has 1 aromatic carbocycles. The molecule has 0 aliphatic carbocycles. The van der Waals surface area contributed by atoms with Gasteiger partial charge in [-0.15, -0.1) is 0 Å². The van der Waals surface area contributed by atoms with E-state index in [9.17, 15) is 0 Å². The van der Waals surface area contributed by atoms with Gasteiger partial charge in [-0.05, 0) is 42.0 Å². The summed E-state index contributed by atoms with van der Waals surface area (Å²) in [5.74, 6) is 1.76. The van der Waals surface area contributed by atoms with Crippen molar-refractivity contribution in [3.05, 3.63) is 78.5 Å². The number of imidazole rings is 1. The van der Waals surface area contributed by atoms with Crippen molar-refractivity contribution < 1.29 is 4.74 Å². The second-order valence-corrected chi connectivity index (χ2v) is 5.45. The number of aromatic nitrogens is 4. The van der Waals surface area contributed by atoms with Gasteiger partial charge < -0.3 is 4.74 Å². The van der Waals surface area contributed by atoms with Crippen molar-refractivity contribution >= 4 is 11.2 Å². The molecule has 118 valence electrons. The van der Waals surface area contributed by atoms with Gasteiger partial charge in [0.1, 0.15) is 17.1 Å². The Morgan fingerprint density at radius 3 is 2.79 bits per heavy atom. The molecule has 3 heterocycles. The fourth-order valence-electron chi connectivity index (χ4n) is 2.80. The van der Waals surface area contributed by atoms with Crippen LogP contribution in [0.15, 0.2) is 67.1 Å². The molecule has 0 aliphatic rings. The van der Waals surface area contributed by atoms with Gasteiger partial charge in [-0.1, -0.05) is 12.1 Å². The SMILES string of the molecule is COc1cccc(Cc2nc3cccnc3n2-c2cccnc2)c1. The number of methoxy groups -OCH3 is 1. The van der Waals surface area contributed by atoms with E-state index in [4.69, 9.17) is 9.72 Å². The summed E-state index contributed by atoms with van der Waals surface area (Å²) < 4.78 is 7.37. The summed E-state index contributed by atoms with van der Waals surface area (Å²) in [5.41, 5.74) is 3.80. The van der Waals surface area contributed by atoms with Crippen molar-refractivity contribution in [1.29, 1.82) is 0 Å². The van der Waals surface area contributed by atoms with E-state index in [0.717, 1.165) is 34.0 Å². The van der Waals surface area contributed by atoms with E-state index in [1.807, 2.05) is 48.7 Å². The van der Waals surface area contributed by atoms with Gasteiger partial charge in [0.05, 0.1) is 19.0 Å². The summed E-state index contributed by atoms with van der Waals surface area (Å²) in [4.78, 5) is 13.5. The molecule has 0 bridgehead atoms. The van der Waals surface area contributed by atoms with E-state index in [-0.39, 0.29) is 0 Å². The molecule has 0 spiro atoms. The molecule has 5 heteroatoms. The van der Waals surface area contributed by atoms with Crippen LogP contribution in [0.4, 0.5) is 0 Å². The molecule has 0 radical (unpaired) electrons. The standard InChI is InChI=1S/C19H16N4O/c1-24-16-7-2-5-14(11-16)12-18-22-17-8-4-10-21-19(17)23(18)15-6-3-9-20-13-15/h2-11,13H,12H2,1H3. The maximum absolute atomic E-state index is 5.32. The Kier molecular flexibility index (Phi) is 3.67. The fraction of sp³-hybridized carbons (Fsp3) is 0.105. The highest BCUT2D eigenvalue weighted by molar-refractivity contribution is 5.73. The van der Waals surface area contributed by atoms with Crippen LogP contribution in [-0.2, 0) is 6.42 Å². The average Bonchev–Trinajstić information content (AvgIpc) is 3.00. The number of fused-ring (bicyclic) bond motifs is 1. The minimum atomic E-state index is 0.683. The third kappa shape index (κ3) is 2.60. The topological polar surface area (TPSA) is 52.8 Å². The second kappa shape index (κ2) is 6.12. The molecular weight excluding hydrogens is 300 g/mol. The Hall–Kier alpha value is -3.21. The van der Waals surface area contributed by atoms with Crippen molar-refractivity contribution in [2.75, 3.05) is 7.11 Å². The molecular formula is C19H16N4O. The summed E-state index contributed by atoms with van der Waals surface area (Å²) >= 11 is 0. The molecule has 24 heavy (non-hydrogen) atoms. The van der Waals surface area contributed by atoms with E-state index in [2.05, 4.69) is 20.6 Å². The van der Waals surface area contributed by atoms with E-state index in [1.165, 1.54) is 0 Å². The minimum absolute atomic E-state index is 0.683. The van der Waals surface area contributed by atoms with Crippen molar-refractivity contribution in [3.63, 3.8) is 0 Å². The maximum atomic E-state index is 5.32. The molecule has 5 nitrogen and oxygen atoms in total. The summed E-state index contributed by atoms with van der Waals surface area (Å²) in [6, 6.07) is 15.8. The lowest BCUT2D eigenvalue weighted by atomic mass is 10.1. The molecule has 3 aromatic heterocycles. The van der Waals surface area contributed by atoms with Crippen molar-refractivity contribution in [3.8, 4) is 11.4 Å². The largest absolute Gasteiger partial charge is 0.497 e. The molecule has 0 saturated carbocycles. The molecule has 0 amide bonds. The van der Waals surface area contributed by atoms with E-state index in [1.54, 1.807) is 19.5 Å². The van der Waals surface area contributed by atoms with Crippen LogP contribution in [0.1, 0.15) is 11.4 Å². The Morgan fingerprint density at radius 2 is 1.96 bits per heavy atom. The second-order valence-electron chi connectivity index (χ2n) is 5.45. The average molecular weight is 316 g/mol. The number of rotatable bonds is 4. The summed E-state index contributed by atoms with van der Waals surface area (Å²) in [6.07, 6.45) is 6.05. The van der Waals surface area contributed by atoms with Crippen LogP contribution in [0.5, 0.6) is 5.75 Å². The highest BCUT2D eigenvalue weighted by atomic mass is 16.5. The van der Waals surface area contributed by atoms with Gasteiger partial charge in [0.2, 0.25) is 0 Å². The smallest absolute Gasteiger partial charge is 0.164 e. The van der Waals surface area contributed by atoms with E-state index < -0.39 is 0 Å². The normalized spacial score (nSPS) is 10.9. The third-order valence-electron chi connectivity index (χ3n) is 3.89. The van der Waals surface area contributed by atoms with Crippen LogP contribution in [0, 0.1) is 0 Å². The first kappa shape index (κ1) is 14.4. The Morgan fingerprint density at radius 1 is 1.04 bits per heavy atom. The van der Waals surface area contributed by atoms with Crippen molar-refractivity contribution in [1.82, 2.24) is 19.5 Å². The zero-order valence-corrected chi connectivity index (χ0v) is 13.3. The van der Waals surface area contributed by atoms with Gasteiger partial charge >= 0.3 is 0 Å². The van der Waals surface area contributed by atoms with Crippen LogP contribution >= 0.6 is 0 Å². The van der Waals surface area contributed by atoms with Crippen LogP contribution < -0.4 is 4.74 Å². The van der Waals surface area contributed by atoms with Crippen molar-refractivity contribution in [2.45, 2.75) is 6.42 Å². The number of ether oxygens (including phenoxy) is 1. The van der Waals surface area contributed by atoms with Gasteiger partial charge in [-0.3, -0.25) is 9.55 Å². The van der Waals surface area contributed by atoms with Gasteiger partial charge in [0.15, 0.2) is 5.65 Å². The number of hydrogen-bond donors (Lipinski definition) is 0. The lowest BCUT2D eigenvalue weighted by Gasteiger charge is -2.09. The Labute approximate surface area is 139 Å². The number of nitrogens with zero attached hydrogens (tertiary/aromatic N) is 4. The van der Waals surface area contributed by atoms with E-state index >= 15 is 0 Å². The van der Waals surface area contributed by atoms with Gasteiger partial charge in [0.25, 0.3) is 0 Å². The summed E-state index contributed by atoms with van der Waals surface area (Å²) in [7, 11) is 1.67. The Bertz CT molecular complexity index is 979. The van der Waals surface area contributed by atoms with Crippen LogP contribution in [0.3, 0.4) is 0 Å². The molecule has 0 fully saturated rings. The van der Waals surface area contributed by atoms with Crippen LogP contribution in [0.2, 0.25) is 0 Å². The van der Waals surface area contributed by atoms with Crippen LogP contribution in [0.25, 0.3) is 16.9 Å². The molecule has 0 saturated heterocycles. The predicted molar refractivity (Wildman–Crippen MR) is 92.5 cm³/mol. The predicted octanol–water partition coefficient (Wildman–Crippen LogP) is 3.41. The number of hydrogen-bond acceptors (Lipinski definition) is 4. The Balaban J connectivity index is 1.85. The molecule has 4 aromatic rings. The number of pyridine rings is 2. The highest BCUT2D eigenvalue weighted by Crippen LogP contribution is 2.22. The quantitative estimate of drug-likeness (QED) is 0.579. The molecule has 0 unspecified atom stereocenters. The summed E-state index contributed by atoms with van der Waals surface area (Å²) in [5, 5.41) is 0. The van der Waals surface area contributed by atoms with Gasteiger partial charge in [-0.25, -0.2) is 9.97 Å². The zero-order chi connectivity index (χ0) is 16.4. The van der Waals surface area contributed by atoms with Gasteiger partial charge in [-0.2, -0.15) is 0 Å². The van der Waals surface area contributed by atoms with Crippen LogP contribution in [-0.4, -0.2) is 26.6 Å². The molecule has 0 N–H and O–H groups in total. The van der Waals surface area contributed by atoms with Crippen molar-refractivity contribution in [2.24, 2.45) is 0 Å². The zero-order valence-electron chi connectivity index (χ0n) is 13.3. The first-order valence-corrected chi connectivity index (χ1v) is 7.71. The molecule has 0 atom stereocenters. The first-order chi connectivity index (χ1) is 11.8. The fourth-order valence-corrected chi connectivity index (χ4v) is 2.80. The summed E-state index contributed by atoms with van der Waals surface area (Å²) in [6.45, 7) is 0. The van der Waals surface area contributed by atoms with E-state index in [0.29, 0.717) is 6.42 Å². The monoisotopic (exact) mass is 316 g/mol. The lowest BCUT2D eigenvalue weighted by molar-refractivity contribution is 0.414.